The van der Waals surface area contributed by atoms with Crippen LogP contribution in [0.2, 0.25) is 0 Å². The van der Waals surface area contributed by atoms with Gasteiger partial charge in [0.25, 0.3) is 0 Å². The molecule has 188 valence electrons. The van der Waals surface area contributed by atoms with Crippen molar-refractivity contribution < 1.29 is 27.7 Å². The average Bonchev–Trinajstić information content (AvgIpc) is 3.35. The summed E-state index contributed by atoms with van der Waals surface area (Å²) in [5, 5.41) is 10.1. The molecule has 0 atom stereocenters. The van der Waals surface area contributed by atoms with Crippen LogP contribution >= 0.6 is 0 Å². The summed E-state index contributed by atoms with van der Waals surface area (Å²) in [7, 11) is 2.56. The lowest BCUT2D eigenvalue weighted by molar-refractivity contribution is 0.123. The minimum absolute atomic E-state index is 0.149. The molecule has 2 aromatic carbocycles. The molecule has 2 N–H and O–H groups in total. The first kappa shape index (κ1) is 24.9. The third-order valence-electron chi connectivity index (χ3n) is 5.17. The number of anilines is 2. The molecule has 0 amide bonds. The Morgan fingerprint density at radius 3 is 2.28 bits per heavy atom. The summed E-state index contributed by atoms with van der Waals surface area (Å²) in [6.07, 6.45) is 3.43. The number of hydrogen-bond acceptors (Lipinski definition) is 8. The van der Waals surface area contributed by atoms with Crippen LogP contribution in [0, 0.1) is 11.6 Å². The van der Waals surface area contributed by atoms with Gasteiger partial charge in [0.2, 0.25) is 5.95 Å². The van der Waals surface area contributed by atoms with E-state index in [0.29, 0.717) is 25.5 Å². The molecule has 0 radical (unpaired) electrons. The predicted molar refractivity (Wildman–Crippen MR) is 127 cm³/mol. The van der Waals surface area contributed by atoms with Gasteiger partial charge in [-0.05, 0) is 5.56 Å². The smallest absolute Gasteiger partial charge is 0.228 e. The molecule has 0 saturated carbocycles. The van der Waals surface area contributed by atoms with Crippen molar-refractivity contribution in [3.63, 3.8) is 0 Å². The molecule has 2 aromatic heterocycles. The number of nitrogens with zero attached hydrogens (tertiary/aromatic N) is 3. The quantitative estimate of drug-likeness (QED) is 0.274. The van der Waals surface area contributed by atoms with Crippen LogP contribution in [0.25, 0.3) is 0 Å². The number of aromatic amines is 1. The number of hydrogen-bond donors (Lipinski definition) is 2. The van der Waals surface area contributed by atoms with Gasteiger partial charge in [0.05, 0.1) is 45.4 Å². The van der Waals surface area contributed by atoms with Gasteiger partial charge in [0.15, 0.2) is 34.7 Å². The van der Waals surface area contributed by atoms with Crippen LogP contribution in [0.1, 0.15) is 16.8 Å². The van der Waals surface area contributed by atoms with Gasteiger partial charge in [-0.15, -0.1) is 0 Å². The Morgan fingerprint density at radius 2 is 1.61 bits per heavy atom. The second kappa shape index (κ2) is 11.9. The van der Waals surface area contributed by atoms with E-state index in [2.05, 4.69) is 25.5 Å². The van der Waals surface area contributed by atoms with Crippen molar-refractivity contribution in [2.75, 3.05) is 26.1 Å². The summed E-state index contributed by atoms with van der Waals surface area (Å²) < 4.78 is 50.0. The van der Waals surface area contributed by atoms with Gasteiger partial charge in [0, 0.05) is 24.2 Å². The third kappa shape index (κ3) is 6.25. The molecule has 2 heterocycles. The molecular weight excluding hydrogens is 472 g/mol. The van der Waals surface area contributed by atoms with E-state index in [1.54, 1.807) is 0 Å². The van der Waals surface area contributed by atoms with Gasteiger partial charge < -0.3 is 24.3 Å². The first-order valence-corrected chi connectivity index (χ1v) is 11.0. The maximum Gasteiger partial charge on any atom is 0.228 e. The number of methoxy groups -OCH3 is 2. The van der Waals surface area contributed by atoms with Crippen LogP contribution in [0.5, 0.6) is 17.2 Å². The van der Waals surface area contributed by atoms with E-state index in [4.69, 9.17) is 18.9 Å². The molecule has 0 aliphatic rings. The van der Waals surface area contributed by atoms with E-state index < -0.39 is 18.2 Å². The molecule has 4 rings (SSSR count). The van der Waals surface area contributed by atoms with Gasteiger partial charge in [0.1, 0.15) is 6.61 Å². The third-order valence-corrected chi connectivity index (χ3v) is 5.17. The Morgan fingerprint density at radius 1 is 0.917 bits per heavy atom. The minimum Gasteiger partial charge on any atom is -0.494 e. The van der Waals surface area contributed by atoms with E-state index in [9.17, 15) is 8.78 Å². The molecule has 0 aliphatic carbocycles. The standard InChI is InChI=1S/C25H25F2N5O4/c1-33-20-11-21(34-2)24(27)19(23(20)26)15-36-18-12-28-25(29-13-18)30-22-10-17(31-32-22)8-9-35-14-16-6-4-3-5-7-16/h3-7,10-13H,8-9,14-15H2,1-2H3,(H2,28,29,30,31,32). The second-order valence-electron chi connectivity index (χ2n) is 7.61. The summed E-state index contributed by atoms with van der Waals surface area (Å²) in [6, 6.07) is 12.9. The topological polar surface area (TPSA) is 103 Å². The van der Waals surface area contributed by atoms with Crippen LogP contribution in [0.4, 0.5) is 20.5 Å². The van der Waals surface area contributed by atoms with Crippen LogP contribution in [0.15, 0.2) is 54.9 Å². The average molecular weight is 498 g/mol. The van der Waals surface area contributed by atoms with Gasteiger partial charge in [-0.25, -0.2) is 18.7 Å². The second-order valence-corrected chi connectivity index (χ2v) is 7.61. The van der Waals surface area contributed by atoms with Gasteiger partial charge >= 0.3 is 0 Å². The molecule has 0 saturated heterocycles. The number of ether oxygens (including phenoxy) is 4. The normalized spacial score (nSPS) is 10.8. The maximum absolute atomic E-state index is 14.5. The number of aromatic nitrogens is 4. The summed E-state index contributed by atoms with van der Waals surface area (Å²) in [6.45, 7) is 0.683. The molecule has 4 aromatic rings. The molecule has 0 aliphatic heterocycles. The van der Waals surface area contributed by atoms with Crippen molar-refractivity contribution in [3.05, 3.63) is 83.3 Å². The highest BCUT2D eigenvalue weighted by atomic mass is 19.1. The summed E-state index contributed by atoms with van der Waals surface area (Å²) in [5.74, 6) is -0.993. The zero-order chi connectivity index (χ0) is 25.3. The number of rotatable bonds is 12. The predicted octanol–water partition coefficient (Wildman–Crippen LogP) is 4.58. The molecule has 9 nitrogen and oxygen atoms in total. The highest BCUT2D eigenvalue weighted by molar-refractivity contribution is 5.48. The fraction of sp³-hybridized carbons (Fsp3) is 0.240. The lowest BCUT2D eigenvalue weighted by Gasteiger charge is -2.13. The van der Waals surface area contributed by atoms with E-state index >= 15 is 0 Å². The Balaban J connectivity index is 1.28. The summed E-state index contributed by atoms with van der Waals surface area (Å²) >= 11 is 0. The van der Waals surface area contributed by atoms with Crippen LogP contribution in [-0.4, -0.2) is 41.0 Å². The van der Waals surface area contributed by atoms with Crippen molar-refractivity contribution in [3.8, 4) is 17.2 Å². The minimum atomic E-state index is -0.866. The van der Waals surface area contributed by atoms with Crippen molar-refractivity contribution in [1.29, 1.82) is 0 Å². The first-order valence-electron chi connectivity index (χ1n) is 11.0. The van der Waals surface area contributed by atoms with E-state index in [0.717, 1.165) is 17.3 Å². The molecule has 0 bridgehead atoms. The van der Waals surface area contributed by atoms with Gasteiger partial charge in [-0.3, -0.25) is 5.10 Å². The van der Waals surface area contributed by atoms with Gasteiger partial charge in [-0.2, -0.15) is 5.10 Å². The number of nitrogens with one attached hydrogen (secondary N) is 2. The molecule has 36 heavy (non-hydrogen) atoms. The summed E-state index contributed by atoms with van der Waals surface area (Å²) in [5.41, 5.74) is 1.68. The molecule has 11 heteroatoms. The lowest BCUT2D eigenvalue weighted by Crippen LogP contribution is -2.06. The van der Waals surface area contributed by atoms with Gasteiger partial charge in [-0.1, -0.05) is 30.3 Å². The SMILES string of the molecule is COc1cc(OC)c(F)c(COc2cnc(Nc3cc(CCOCc4ccccc4)[nH]n3)nc2)c1F. The highest BCUT2D eigenvalue weighted by Gasteiger charge is 2.20. The lowest BCUT2D eigenvalue weighted by atomic mass is 10.1. The van der Waals surface area contributed by atoms with Crippen LogP contribution < -0.4 is 19.5 Å². The molecule has 0 unspecified atom stereocenters. The molecule has 0 spiro atoms. The number of H-pyrrole nitrogens is 1. The molecular formula is C25H25F2N5O4. The van der Waals surface area contributed by atoms with Crippen molar-refractivity contribution in [2.24, 2.45) is 0 Å². The fourth-order valence-electron chi connectivity index (χ4n) is 3.29. The van der Waals surface area contributed by atoms with Crippen LogP contribution in [0.3, 0.4) is 0 Å². The van der Waals surface area contributed by atoms with Crippen molar-refractivity contribution >= 4 is 11.8 Å². The Kier molecular flexibility index (Phi) is 8.24. The Labute approximate surface area is 206 Å². The fourth-order valence-corrected chi connectivity index (χ4v) is 3.29. The van der Waals surface area contributed by atoms with Crippen molar-refractivity contribution in [2.45, 2.75) is 19.6 Å². The Bertz CT molecular complexity index is 1240. The number of benzene rings is 2. The maximum atomic E-state index is 14.5. The van der Waals surface area contributed by atoms with Crippen LogP contribution in [-0.2, 0) is 24.4 Å². The summed E-state index contributed by atoms with van der Waals surface area (Å²) in [4.78, 5) is 8.31. The largest absolute Gasteiger partial charge is 0.494 e. The van der Waals surface area contributed by atoms with E-state index in [1.807, 2.05) is 36.4 Å². The zero-order valence-corrected chi connectivity index (χ0v) is 19.8. The highest BCUT2D eigenvalue weighted by Crippen LogP contribution is 2.32. The van der Waals surface area contributed by atoms with Crippen molar-refractivity contribution in [1.82, 2.24) is 20.2 Å². The Hall–Kier alpha value is -4.25. The van der Waals surface area contributed by atoms with E-state index in [1.165, 1.54) is 26.6 Å². The van der Waals surface area contributed by atoms with E-state index in [-0.39, 0.29) is 28.8 Å². The number of halogens is 2. The molecule has 0 fully saturated rings. The zero-order valence-electron chi connectivity index (χ0n) is 19.8. The monoisotopic (exact) mass is 497 g/mol. The first-order chi connectivity index (χ1) is 17.6.